The second kappa shape index (κ2) is 6.69. The van der Waals surface area contributed by atoms with E-state index in [0.717, 1.165) is 17.1 Å². The SMILES string of the molecule is COc1ccc(-n2cc(C(=O)NCc3ccccn3)nn2)cc1. The van der Waals surface area contributed by atoms with Crippen LogP contribution in [0.4, 0.5) is 0 Å². The summed E-state index contributed by atoms with van der Waals surface area (Å²) in [7, 11) is 1.61. The molecule has 0 saturated heterocycles. The fourth-order valence-electron chi connectivity index (χ4n) is 1.99. The second-order valence-electron chi connectivity index (χ2n) is 4.75. The number of amides is 1. The van der Waals surface area contributed by atoms with Gasteiger partial charge in [0.2, 0.25) is 0 Å². The summed E-state index contributed by atoms with van der Waals surface area (Å²) in [5.74, 6) is 0.456. The van der Waals surface area contributed by atoms with Gasteiger partial charge in [0.1, 0.15) is 5.75 Å². The van der Waals surface area contributed by atoms with Crippen molar-refractivity contribution in [3.8, 4) is 11.4 Å². The van der Waals surface area contributed by atoms with E-state index < -0.39 is 0 Å². The van der Waals surface area contributed by atoms with Gasteiger partial charge in [0, 0.05) is 6.20 Å². The van der Waals surface area contributed by atoms with Crippen LogP contribution in [0.3, 0.4) is 0 Å². The zero-order valence-corrected chi connectivity index (χ0v) is 12.5. The molecule has 0 bridgehead atoms. The van der Waals surface area contributed by atoms with Gasteiger partial charge in [-0.1, -0.05) is 11.3 Å². The van der Waals surface area contributed by atoms with Crippen molar-refractivity contribution in [1.82, 2.24) is 25.3 Å². The average molecular weight is 309 g/mol. The van der Waals surface area contributed by atoms with Crippen LogP contribution >= 0.6 is 0 Å². The maximum Gasteiger partial charge on any atom is 0.273 e. The van der Waals surface area contributed by atoms with E-state index in [1.165, 1.54) is 4.68 Å². The van der Waals surface area contributed by atoms with Crippen LogP contribution < -0.4 is 10.1 Å². The third-order valence-electron chi connectivity index (χ3n) is 3.22. The fourth-order valence-corrected chi connectivity index (χ4v) is 1.99. The molecule has 7 heteroatoms. The van der Waals surface area contributed by atoms with Gasteiger partial charge in [-0.3, -0.25) is 9.78 Å². The number of methoxy groups -OCH3 is 1. The van der Waals surface area contributed by atoms with Gasteiger partial charge < -0.3 is 10.1 Å². The highest BCUT2D eigenvalue weighted by atomic mass is 16.5. The average Bonchev–Trinajstić information content (AvgIpc) is 3.11. The highest BCUT2D eigenvalue weighted by Crippen LogP contribution is 2.14. The van der Waals surface area contributed by atoms with Crippen molar-refractivity contribution in [1.29, 1.82) is 0 Å². The Bertz CT molecular complexity index is 784. The standard InChI is InChI=1S/C16H15N5O2/c1-23-14-7-5-13(6-8-14)21-11-15(19-20-21)16(22)18-10-12-4-2-3-9-17-12/h2-9,11H,10H2,1H3,(H,18,22). The van der Waals surface area contributed by atoms with E-state index in [0.29, 0.717) is 6.54 Å². The topological polar surface area (TPSA) is 81.9 Å². The van der Waals surface area contributed by atoms with E-state index in [4.69, 9.17) is 4.74 Å². The molecule has 0 aliphatic carbocycles. The molecule has 0 aliphatic rings. The molecule has 0 atom stereocenters. The first-order valence-corrected chi connectivity index (χ1v) is 7.01. The summed E-state index contributed by atoms with van der Waals surface area (Å²) < 4.78 is 6.64. The Balaban J connectivity index is 1.67. The van der Waals surface area contributed by atoms with Crippen molar-refractivity contribution in [3.05, 3.63) is 66.2 Å². The van der Waals surface area contributed by atoms with Gasteiger partial charge in [0.25, 0.3) is 5.91 Å². The number of nitrogens with zero attached hydrogens (tertiary/aromatic N) is 4. The van der Waals surface area contributed by atoms with Crippen molar-refractivity contribution in [2.75, 3.05) is 7.11 Å². The van der Waals surface area contributed by atoms with E-state index in [2.05, 4.69) is 20.6 Å². The van der Waals surface area contributed by atoms with Crippen molar-refractivity contribution in [2.24, 2.45) is 0 Å². The molecule has 23 heavy (non-hydrogen) atoms. The molecular formula is C16H15N5O2. The van der Waals surface area contributed by atoms with Crippen molar-refractivity contribution >= 4 is 5.91 Å². The normalized spacial score (nSPS) is 10.3. The molecule has 2 heterocycles. The Labute approximate surface area is 132 Å². The number of carbonyl (C=O) groups is 1. The van der Waals surface area contributed by atoms with Crippen LogP contribution in [0.15, 0.2) is 54.9 Å². The molecule has 0 saturated carbocycles. The van der Waals surface area contributed by atoms with E-state index in [9.17, 15) is 4.79 Å². The third kappa shape index (κ3) is 3.52. The number of benzene rings is 1. The minimum atomic E-state index is -0.296. The minimum Gasteiger partial charge on any atom is -0.497 e. The molecule has 3 aromatic rings. The lowest BCUT2D eigenvalue weighted by molar-refractivity contribution is 0.0945. The Kier molecular flexibility index (Phi) is 4.28. The molecule has 0 radical (unpaired) electrons. The Morgan fingerprint density at radius 2 is 2.04 bits per heavy atom. The van der Waals surface area contributed by atoms with Crippen molar-refractivity contribution in [3.63, 3.8) is 0 Å². The van der Waals surface area contributed by atoms with Crippen LogP contribution in [0.1, 0.15) is 16.2 Å². The van der Waals surface area contributed by atoms with Crippen LogP contribution in [0.5, 0.6) is 5.75 Å². The second-order valence-corrected chi connectivity index (χ2v) is 4.75. The first kappa shape index (κ1) is 14.7. The van der Waals surface area contributed by atoms with E-state index >= 15 is 0 Å². The molecule has 1 amide bonds. The third-order valence-corrected chi connectivity index (χ3v) is 3.22. The number of rotatable bonds is 5. The lowest BCUT2D eigenvalue weighted by atomic mass is 10.3. The highest BCUT2D eigenvalue weighted by molar-refractivity contribution is 5.91. The molecule has 7 nitrogen and oxygen atoms in total. The van der Waals surface area contributed by atoms with Crippen LogP contribution in [-0.4, -0.2) is 33.0 Å². The number of hydrogen-bond donors (Lipinski definition) is 1. The monoisotopic (exact) mass is 309 g/mol. The van der Waals surface area contributed by atoms with Crippen LogP contribution in [-0.2, 0) is 6.54 Å². The van der Waals surface area contributed by atoms with Crippen LogP contribution in [0, 0.1) is 0 Å². The summed E-state index contributed by atoms with van der Waals surface area (Å²) in [4.78, 5) is 16.2. The molecule has 1 N–H and O–H groups in total. The van der Waals surface area contributed by atoms with Crippen molar-refractivity contribution < 1.29 is 9.53 Å². The van der Waals surface area contributed by atoms with Gasteiger partial charge in [0.05, 0.1) is 31.2 Å². The van der Waals surface area contributed by atoms with E-state index in [1.54, 1.807) is 19.5 Å². The lowest BCUT2D eigenvalue weighted by Crippen LogP contribution is -2.23. The molecule has 0 fully saturated rings. The van der Waals surface area contributed by atoms with Gasteiger partial charge in [-0.25, -0.2) is 4.68 Å². The summed E-state index contributed by atoms with van der Waals surface area (Å²) in [6, 6.07) is 12.8. The zero-order chi connectivity index (χ0) is 16.1. The maximum atomic E-state index is 12.1. The molecule has 2 aromatic heterocycles. The molecule has 116 valence electrons. The Morgan fingerprint density at radius 3 is 2.74 bits per heavy atom. The van der Waals surface area contributed by atoms with Crippen LogP contribution in [0.25, 0.3) is 5.69 Å². The molecular weight excluding hydrogens is 294 g/mol. The summed E-state index contributed by atoms with van der Waals surface area (Å²) >= 11 is 0. The number of pyridine rings is 1. The maximum absolute atomic E-state index is 12.1. The summed E-state index contributed by atoms with van der Waals surface area (Å²) in [6.45, 7) is 0.342. The predicted octanol–water partition coefficient (Wildman–Crippen LogP) is 1.60. The Hall–Kier alpha value is -3.22. The molecule has 0 spiro atoms. The number of ether oxygens (including phenoxy) is 1. The largest absolute Gasteiger partial charge is 0.497 e. The number of nitrogens with one attached hydrogen (secondary N) is 1. The summed E-state index contributed by atoms with van der Waals surface area (Å²) in [6.07, 6.45) is 3.26. The van der Waals surface area contributed by atoms with Gasteiger partial charge >= 0.3 is 0 Å². The molecule has 0 aliphatic heterocycles. The van der Waals surface area contributed by atoms with Crippen molar-refractivity contribution in [2.45, 2.75) is 6.54 Å². The first-order chi connectivity index (χ1) is 11.3. The van der Waals surface area contributed by atoms with E-state index in [-0.39, 0.29) is 11.6 Å². The van der Waals surface area contributed by atoms with Gasteiger partial charge in [-0.15, -0.1) is 5.10 Å². The summed E-state index contributed by atoms with van der Waals surface area (Å²) in [5.41, 5.74) is 1.82. The van der Waals surface area contributed by atoms with Gasteiger partial charge in [-0.05, 0) is 36.4 Å². The number of hydrogen-bond acceptors (Lipinski definition) is 5. The summed E-state index contributed by atoms with van der Waals surface area (Å²) in [5, 5.41) is 10.6. The van der Waals surface area contributed by atoms with Gasteiger partial charge in [-0.2, -0.15) is 0 Å². The first-order valence-electron chi connectivity index (χ1n) is 7.01. The zero-order valence-electron chi connectivity index (χ0n) is 12.5. The molecule has 3 rings (SSSR count). The van der Waals surface area contributed by atoms with E-state index in [1.807, 2.05) is 42.5 Å². The highest BCUT2D eigenvalue weighted by Gasteiger charge is 2.11. The number of carbonyl (C=O) groups excluding carboxylic acids is 1. The van der Waals surface area contributed by atoms with Crippen LogP contribution in [0.2, 0.25) is 0 Å². The quantitative estimate of drug-likeness (QED) is 0.774. The fraction of sp³-hybridized carbons (Fsp3) is 0.125. The smallest absolute Gasteiger partial charge is 0.273 e. The lowest BCUT2D eigenvalue weighted by Gasteiger charge is -2.02. The predicted molar refractivity (Wildman–Crippen MR) is 83.3 cm³/mol. The van der Waals surface area contributed by atoms with Gasteiger partial charge in [0.15, 0.2) is 5.69 Å². The number of aromatic nitrogens is 4. The molecule has 0 unspecified atom stereocenters. The molecule has 1 aromatic carbocycles. The Morgan fingerprint density at radius 1 is 1.22 bits per heavy atom. The minimum absolute atomic E-state index is 0.247.